The highest BCUT2D eigenvalue weighted by atomic mass is 16.4. The lowest BCUT2D eigenvalue weighted by molar-refractivity contribution is 0.0690. The maximum Gasteiger partial charge on any atom is 0.358 e. The molecule has 0 radical (unpaired) electrons. The Kier molecular flexibility index (Phi) is 3.47. The molecule has 0 fully saturated rings. The third-order valence-electron chi connectivity index (χ3n) is 3.70. The number of rotatable bonds is 4. The van der Waals surface area contributed by atoms with E-state index >= 15 is 0 Å². The first-order valence-electron chi connectivity index (χ1n) is 6.83. The summed E-state index contributed by atoms with van der Waals surface area (Å²) in [6.07, 6.45) is 1.46. The number of carbonyl (C=O) groups is 1. The lowest BCUT2D eigenvalue weighted by Gasteiger charge is -2.36. The summed E-state index contributed by atoms with van der Waals surface area (Å²) in [7, 11) is 2.09. The molecule has 0 spiro atoms. The van der Waals surface area contributed by atoms with Crippen molar-refractivity contribution in [2.24, 2.45) is 0 Å². The summed E-state index contributed by atoms with van der Waals surface area (Å²) >= 11 is 0. The monoisotopic (exact) mass is 287 g/mol. The summed E-state index contributed by atoms with van der Waals surface area (Å²) in [6, 6.07) is 8.28. The lowest BCUT2D eigenvalue weighted by Crippen LogP contribution is -2.40. The van der Waals surface area contributed by atoms with Crippen molar-refractivity contribution < 1.29 is 9.90 Å². The van der Waals surface area contributed by atoms with Gasteiger partial charge in [0, 0.05) is 26.7 Å². The number of hydrogen-bond acceptors (Lipinski definition) is 5. The first-order valence-corrected chi connectivity index (χ1v) is 6.83. The topological polar surface area (TPSA) is 74.5 Å². The van der Waals surface area contributed by atoms with Gasteiger partial charge >= 0.3 is 5.97 Å². The van der Waals surface area contributed by atoms with Crippen molar-refractivity contribution in [3.8, 4) is 0 Å². The van der Waals surface area contributed by atoms with Gasteiger partial charge in [0.25, 0.3) is 0 Å². The van der Waals surface area contributed by atoms with Crippen LogP contribution in [0.4, 0.5) is 11.4 Å². The van der Waals surface area contributed by atoms with Crippen LogP contribution < -0.4 is 9.80 Å². The number of aromatic nitrogens is 3. The third-order valence-corrected chi connectivity index (χ3v) is 3.70. The van der Waals surface area contributed by atoms with Gasteiger partial charge in [-0.25, -0.2) is 9.48 Å². The highest BCUT2D eigenvalue weighted by molar-refractivity contribution is 5.84. The Balaban J connectivity index is 1.71. The number of carboxylic acid groups (broad SMARTS) is 1. The largest absolute Gasteiger partial charge is 0.476 e. The summed E-state index contributed by atoms with van der Waals surface area (Å²) in [4.78, 5) is 15.3. The Hall–Kier alpha value is -2.57. The molecule has 2 aromatic rings. The molecule has 0 amide bonds. The zero-order valence-corrected chi connectivity index (χ0v) is 11.8. The first kappa shape index (κ1) is 13.4. The van der Waals surface area contributed by atoms with Gasteiger partial charge in [-0.2, -0.15) is 0 Å². The maximum absolute atomic E-state index is 10.8. The minimum atomic E-state index is -1.05. The number of hydrogen-bond donors (Lipinski definition) is 1. The van der Waals surface area contributed by atoms with Crippen molar-refractivity contribution in [2.75, 3.05) is 36.5 Å². The van der Waals surface area contributed by atoms with Crippen molar-refractivity contribution in [3.63, 3.8) is 0 Å². The molecule has 7 heteroatoms. The fourth-order valence-electron chi connectivity index (χ4n) is 2.53. The number of benzene rings is 1. The Morgan fingerprint density at radius 2 is 2.00 bits per heavy atom. The fraction of sp³-hybridized carbons (Fsp3) is 0.357. The number of aromatic carboxylic acids is 1. The molecule has 1 aliphatic heterocycles. The zero-order chi connectivity index (χ0) is 14.8. The summed E-state index contributed by atoms with van der Waals surface area (Å²) < 4.78 is 1.57. The Labute approximate surface area is 122 Å². The van der Waals surface area contributed by atoms with Crippen LogP contribution in [0.3, 0.4) is 0 Å². The standard InChI is InChI=1S/C14H17N5O2/c1-17-6-7-18(13-5-3-2-4-12(13)17)8-9-19-10-11(14(20)21)15-16-19/h2-5,10H,6-9H2,1H3,(H,20,21). The number of nitrogens with zero attached hydrogens (tertiary/aromatic N) is 5. The molecule has 1 aromatic carbocycles. The van der Waals surface area contributed by atoms with E-state index in [4.69, 9.17) is 5.11 Å². The van der Waals surface area contributed by atoms with E-state index in [0.29, 0.717) is 6.54 Å². The molecule has 1 N–H and O–H groups in total. The van der Waals surface area contributed by atoms with E-state index in [9.17, 15) is 4.79 Å². The molecule has 0 atom stereocenters. The molecule has 2 heterocycles. The second kappa shape index (κ2) is 5.43. The molecule has 0 unspecified atom stereocenters. The van der Waals surface area contributed by atoms with E-state index < -0.39 is 5.97 Å². The van der Waals surface area contributed by atoms with Crippen LogP contribution in [0.25, 0.3) is 0 Å². The highest BCUT2D eigenvalue weighted by Crippen LogP contribution is 2.31. The second-order valence-electron chi connectivity index (χ2n) is 5.07. The van der Waals surface area contributed by atoms with E-state index in [2.05, 4.69) is 39.3 Å². The molecule has 1 aromatic heterocycles. The highest BCUT2D eigenvalue weighted by Gasteiger charge is 2.19. The average Bonchev–Trinajstić information content (AvgIpc) is 2.96. The SMILES string of the molecule is CN1CCN(CCn2cc(C(=O)O)nn2)c2ccccc21. The van der Waals surface area contributed by atoms with Gasteiger partial charge in [-0.05, 0) is 12.1 Å². The van der Waals surface area contributed by atoms with Crippen molar-refractivity contribution in [1.82, 2.24) is 15.0 Å². The number of fused-ring (bicyclic) bond motifs is 1. The van der Waals surface area contributed by atoms with Crippen molar-refractivity contribution in [3.05, 3.63) is 36.2 Å². The van der Waals surface area contributed by atoms with E-state index in [0.717, 1.165) is 19.6 Å². The van der Waals surface area contributed by atoms with Crippen LogP contribution in [0.5, 0.6) is 0 Å². The van der Waals surface area contributed by atoms with E-state index in [1.165, 1.54) is 17.6 Å². The lowest BCUT2D eigenvalue weighted by atomic mass is 10.2. The molecular formula is C14H17N5O2. The molecule has 7 nitrogen and oxygen atoms in total. The minimum Gasteiger partial charge on any atom is -0.476 e. The first-order chi connectivity index (χ1) is 10.1. The van der Waals surface area contributed by atoms with Crippen LogP contribution in [0.15, 0.2) is 30.5 Å². The Morgan fingerprint density at radius 1 is 1.24 bits per heavy atom. The zero-order valence-electron chi connectivity index (χ0n) is 11.8. The van der Waals surface area contributed by atoms with Gasteiger partial charge in [0.15, 0.2) is 5.69 Å². The second-order valence-corrected chi connectivity index (χ2v) is 5.07. The van der Waals surface area contributed by atoms with Crippen LogP contribution in [0.2, 0.25) is 0 Å². The molecule has 0 aliphatic carbocycles. The maximum atomic E-state index is 10.8. The molecule has 1 aliphatic rings. The van der Waals surface area contributed by atoms with Crippen molar-refractivity contribution in [2.45, 2.75) is 6.54 Å². The molecule has 3 rings (SSSR count). The summed E-state index contributed by atoms with van der Waals surface area (Å²) in [5, 5.41) is 16.3. The summed E-state index contributed by atoms with van der Waals surface area (Å²) in [6.45, 7) is 3.29. The van der Waals surface area contributed by atoms with Crippen LogP contribution in [-0.4, -0.2) is 52.8 Å². The summed E-state index contributed by atoms with van der Waals surface area (Å²) in [5.74, 6) is -1.05. The van der Waals surface area contributed by atoms with E-state index in [-0.39, 0.29) is 5.69 Å². The molecule has 110 valence electrons. The van der Waals surface area contributed by atoms with Crippen LogP contribution in [-0.2, 0) is 6.54 Å². The van der Waals surface area contributed by atoms with E-state index in [1.54, 1.807) is 4.68 Å². The Morgan fingerprint density at radius 3 is 2.71 bits per heavy atom. The van der Waals surface area contributed by atoms with Gasteiger partial charge in [0.1, 0.15) is 0 Å². The van der Waals surface area contributed by atoms with Crippen molar-refractivity contribution >= 4 is 17.3 Å². The number of carboxylic acids is 1. The van der Waals surface area contributed by atoms with Gasteiger partial charge < -0.3 is 14.9 Å². The molecule has 0 bridgehead atoms. The Bertz CT molecular complexity index is 654. The van der Waals surface area contributed by atoms with Gasteiger partial charge in [0.2, 0.25) is 0 Å². The number of likely N-dealkylation sites (N-methyl/N-ethyl adjacent to an activating group) is 1. The van der Waals surface area contributed by atoms with E-state index in [1.807, 2.05) is 12.1 Å². The van der Waals surface area contributed by atoms with Gasteiger partial charge in [-0.15, -0.1) is 5.10 Å². The molecular weight excluding hydrogens is 270 g/mol. The predicted octanol–water partition coefficient (Wildman–Crippen LogP) is 0.933. The predicted molar refractivity (Wildman–Crippen MR) is 78.9 cm³/mol. The van der Waals surface area contributed by atoms with Gasteiger partial charge in [-0.1, -0.05) is 17.3 Å². The van der Waals surface area contributed by atoms with Crippen LogP contribution in [0.1, 0.15) is 10.5 Å². The average molecular weight is 287 g/mol. The molecule has 21 heavy (non-hydrogen) atoms. The third kappa shape index (κ3) is 2.67. The van der Waals surface area contributed by atoms with Crippen molar-refractivity contribution in [1.29, 1.82) is 0 Å². The fourth-order valence-corrected chi connectivity index (χ4v) is 2.53. The minimum absolute atomic E-state index is 0.0197. The quantitative estimate of drug-likeness (QED) is 0.902. The summed E-state index contributed by atoms with van der Waals surface area (Å²) in [5.41, 5.74) is 2.40. The smallest absolute Gasteiger partial charge is 0.358 e. The normalized spacial score (nSPS) is 14.1. The molecule has 0 saturated carbocycles. The van der Waals surface area contributed by atoms with Gasteiger partial charge in [-0.3, -0.25) is 0 Å². The number of anilines is 2. The molecule has 0 saturated heterocycles. The number of para-hydroxylation sites is 2. The van der Waals surface area contributed by atoms with Gasteiger partial charge in [0.05, 0.1) is 24.1 Å². The van der Waals surface area contributed by atoms with Crippen LogP contribution >= 0.6 is 0 Å². The van der Waals surface area contributed by atoms with Crippen LogP contribution in [0, 0.1) is 0 Å².